The molecule has 0 aliphatic carbocycles. The topological polar surface area (TPSA) is 6.48 Å². The van der Waals surface area contributed by atoms with E-state index in [0.29, 0.717) is 0 Å². The second-order valence-corrected chi connectivity index (χ2v) is 3.16. The third-order valence-electron chi connectivity index (χ3n) is 0.797. The number of nitrogens with zero attached hydrogens (tertiary/aromatic N) is 2. The van der Waals surface area contributed by atoms with E-state index >= 15 is 0 Å². The smallest absolute Gasteiger partial charge is 0.00594 e. The van der Waals surface area contributed by atoms with Crippen molar-refractivity contribution in [3.63, 3.8) is 0 Å². The van der Waals surface area contributed by atoms with Gasteiger partial charge >= 0.3 is 0 Å². The van der Waals surface area contributed by atoms with E-state index in [1.165, 1.54) is 0 Å². The predicted molar refractivity (Wildman–Crippen MR) is 66.4 cm³/mol. The molecular weight excluding hydrogens is 174 g/mol. The molecule has 0 aliphatic heterocycles. The van der Waals surface area contributed by atoms with Crippen LogP contribution in [-0.2, 0) is 0 Å². The average molecular weight is 202 g/mol. The van der Waals surface area contributed by atoms with Crippen molar-refractivity contribution in [2.45, 2.75) is 29.7 Å². The minimum absolute atomic E-state index is 0. The van der Waals surface area contributed by atoms with Gasteiger partial charge < -0.3 is 0 Å². The maximum atomic E-state index is 2.58. The first-order valence-corrected chi connectivity index (χ1v) is 4.04. The van der Waals surface area contributed by atoms with Crippen molar-refractivity contribution in [1.29, 1.82) is 0 Å². The maximum Gasteiger partial charge on any atom is 0.00594 e. The SMILES string of the molecule is C.C.C.C.CPN(C)N(C)P. The highest BCUT2D eigenvalue weighted by Gasteiger charge is 1.91. The molecule has 0 aromatic rings. The van der Waals surface area contributed by atoms with Gasteiger partial charge in [-0.3, -0.25) is 0 Å². The van der Waals surface area contributed by atoms with Crippen LogP contribution in [0.3, 0.4) is 0 Å². The highest BCUT2D eigenvalue weighted by molar-refractivity contribution is 7.34. The molecular formula is C7H28N2P2. The van der Waals surface area contributed by atoms with E-state index < -0.39 is 0 Å². The van der Waals surface area contributed by atoms with Crippen molar-refractivity contribution in [3.8, 4) is 0 Å². The van der Waals surface area contributed by atoms with Gasteiger partial charge in [0.25, 0.3) is 0 Å². The third kappa shape index (κ3) is 18.1. The molecule has 0 radical (unpaired) electrons. The lowest BCUT2D eigenvalue weighted by Crippen LogP contribution is -2.18. The van der Waals surface area contributed by atoms with Crippen LogP contribution in [0.25, 0.3) is 0 Å². The lowest BCUT2D eigenvalue weighted by molar-refractivity contribution is 0.280. The largest absolute Gasteiger partial charge is 0.226 e. The van der Waals surface area contributed by atoms with Gasteiger partial charge in [0.15, 0.2) is 0 Å². The minimum atomic E-state index is 0. The lowest BCUT2D eigenvalue weighted by Gasteiger charge is -2.20. The predicted octanol–water partition coefficient (Wildman–Crippen LogP) is 3.32. The molecule has 2 nitrogen and oxygen atoms in total. The Balaban J connectivity index is -0.0000000300. The van der Waals surface area contributed by atoms with Crippen LogP contribution in [0.15, 0.2) is 0 Å². The van der Waals surface area contributed by atoms with Gasteiger partial charge in [0.05, 0.1) is 0 Å². The first-order valence-electron chi connectivity index (χ1n) is 2.08. The molecule has 0 heterocycles. The number of hydrogen-bond donors (Lipinski definition) is 0. The van der Waals surface area contributed by atoms with Crippen LogP contribution in [0, 0.1) is 0 Å². The molecule has 0 amide bonds. The highest BCUT2D eigenvalue weighted by atomic mass is 31.1. The Hall–Kier alpha value is 0.780. The van der Waals surface area contributed by atoms with Gasteiger partial charge in [-0.1, -0.05) is 29.7 Å². The van der Waals surface area contributed by atoms with Crippen molar-refractivity contribution in [2.24, 2.45) is 0 Å². The van der Waals surface area contributed by atoms with E-state index in [1.54, 1.807) is 0 Å². The van der Waals surface area contributed by atoms with Crippen LogP contribution in [0.2, 0.25) is 0 Å². The van der Waals surface area contributed by atoms with Crippen molar-refractivity contribution >= 4 is 18.1 Å². The molecule has 0 saturated carbocycles. The van der Waals surface area contributed by atoms with E-state index in [1.807, 2.05) is 18.9 Å². The molecule has 0 spiro atoms. The van der Waals surface area contributed by atoms with E-state index in [9.17, 15) is 0 Å². The fraction of sp³-hybridized carbons (Fsp3) is 1.00. The van der Waals surface area contributed by atoms with Crippen molar-refractivity contribution < 1.29 is 0 Å². The van der Waals surface area contributed by atoms with E-state index in [2.05, 4.69) is 20.8 Å². The maximum absolute atomic E-state index is 2.58. The molecule has 11 heavy (non-hydrogen) atoms. The van der Waals surface area contributed by atoms with Crippen LogP contribution in [0.1, 0.15) is 29.7 Å². The fourth-order valence-electron chi connectivity index (χ4n) is 0.158. The molecule has 2 atom stereocenters. The number of hydrazine groups is 1. The first-order chi connectivity index (χ1) is 3.18. The average Bonchev–Trinajstić information content (AvgIpc) is 1.65. The van der Waals surface area contributed by atoms with Crippen LogP contribution < -0.4 is 0 Å². The minimum Gasteiger partial charge on any atom is -0.226 e. The van der Waals surface area contributed by atoms with E-state index in [4.69, 9.17) is 0 Å². The first kappa shape index (κ1) is 29.8. The standard InChI is InChI=1S/C3H12N2P2.4CH4/c1-4(6)5(2)7-3;;;;/h7H,6H2,1-3H3;4*1H4. The van der Waals surface area contributed by atoms with Gasteiger partial charge in [-0.05, 0) is 24.8 Å². The Kier molecular flexibility index (Phi) is 46.1. The molecule has 4 heteroatoms. The van der Waals surface area contributed by atoms with Gasteiger partial charge in [-0.2, -0.15) is 0 Å². The zero-order valence-electron chi connectivity index (χ0n) is 4.97. The summed E-state index contributed by atoms with van der Waals surface area (Å²) in [4.78, 5) is 0. The monoisotopic (exact) mass is 202 g/mol. The van der Waals surface area contributed by atoms with Crippen molar-refractivity contribution in [1.82, 2.24) is 9.56 Å². The molecule has 0 aromatic carbocycles. The van der Waals surface area contributed by atoms with Gasteiger partial charge in [-0.15, -0.1) is 0 Å². The fourth-order valence-corrected chi connectivity index (χ4v) is 0.820. The van der Waals surface area contributed by atoms with Gasteiger partial charge in [-0.25, -0.2) is 9.56 Å². The van der Waals surface area contributed by atoms with Crippen molar-refractivity contribution in [2.75, 3.05) is 20.8 Å². The summed E-state index contributed by atoms with van der Waals surface area (Å²) in [5, 5.41) is 0. The summed E-state index contributed by atoms with van der Waals surface area (Å²) in [6.07, 6.45) is 0. The highest BCUT2D eigenvalue weighted by Crippen LogP contribution is 2.13. The summed E-state index contributed by atoms with van der Waals surface area (Å²) in [6.45, 7) is 2.14. The summed E-state index contributed by atoms with van der Waals surface area (Å²) >= 11 is 0. The van der Waals surface area contributed by atoms with Crippen LogP contribution in [0.4, 0.5) is 0 Å². The van der Waals surface area contributed by atoms with Gasteiger partial charge in [0.2, 0.25) is 0 Å². The Labute approximate surface area is 78.8 Å². The molecule has 0 aliphatic rings. The zero-order chi connectivity index (χ0) is 5.86. The quantitative estimate of drug-likeness (QED) is 0.500. The molecule has 0 fully saturated rings. The zero-order valence-corrected chi connectivity index (χ0v) is 7.13. The summed E-state index contributed by atoms with van der Waals surface area (Å²) < 4.78 is 4.10. The Morgan fingerprint density at radius 3 is 1.27 bits per heavy atom. The van der Waals surface area contributed by atoms with Crippen molar-refractivity contribution in [3.05, 3.63) is 0 Å². The summed E-state index contributed by atoms with van der Waals surface area (Å²) in [5.74, 6) is 0. The van der Waals surface area contributed by atoms with Gasteiger partial charge in [0.1, 0.15) is 0 Å². The lowest BCUT2D eigenvalue weighted by atomic mass is 11.4. The summed E-state index contributed by atoms with van der Waals surface area (Å²) in [5.41, 5.74) is 0. The Morgan fingerprint density at radius 2 is 1.27 bits per heavy atom. The number of rotatable bonds is 2. The molecule has 0 bridgehead atoms. The second kappa shape index (κ2) is 17.0. The van der Waals surface area contributed by atoms with Crippen LogP contribution in [0.5, 0.6) is 0 Å². The summed E-state index contributed by atoms with van der Waals surface area (Å²) in [6, 6.07) is 0. The summed E-state index contributed by atoms with van der Waals surface area (Å²) in [7, 11) is 7.48. The second-order valence-electron chi connectivity index (χ2n) is 1.32. The molecule has 0 rings (SSSR count). The molecule has 0 N–H and O–H groups in total. The normalized spacial score (nSPS) is 8.18. The van der Waals surface area contributed by atoms with E-state index in [0.717, 1.165) is 8.73 Å². The van der Waals surface area contributed by atoms with Gasteiger partial charge in [0, 0.05) is 14.1 Å². The molecule has 76 valence electrons. The number of hydrogen-bond acceptors (Lipinski definition) is 2. The molecule has 0 aromatic heterocycles. The van der Waals surface area contributed by atoms with E-state index in [-0.39, 0.29) is 29.7 Å². The Bertz CT molecular complexity index is 51.7. The third-order valence-corrected chi connectivity index (χ3v) is 2.34. The molecule has 0 saturated heterocycles. The Morgan fingerprint density at radius 1 is 1.00 bits per heavy atom. The van der Waals surface area contributed by atoms with Crippen LogP contribution >= 0.6 is 18.1 Å². The molecule has 2 unspecified atom stereocenters. The van der Waals surface area contributed by atoms with Crippen LogP contribution in [-0.4, -0.2) is 30.3 Å².